The average Bonchev–Trinajstić information content (AvgIpc) is 2.61. The zero-order chi connectivity index (χ0) is 11.5. The molecule has 0 amide bonds. The molecule has 1 aliphatic carbocycles. The van der Waals surface area contributed by atoms with Gasteiger partial charge < -0.3 is 5.32 Å². The van der Waals surface area contributed by atoms with Crippen LogP contribution in [0.3, 0.4) is 0 Å². The topological polar surface area (TPSA) is 12.0 Å². The first-order chi connectivity index (χ1) is 7.72. The van der Waals surface area contributed by atoms with E-state index < -0.39 is 0 Å². The van der Waals surface area contributed by atoms with Crippen molar-refractivity contribution < 1.29 is 0 Å². The van der Waals surface area contributed by atoms with Gasteiger partial charge in [-0.2, -0.15) is 0 Å². The Morgan fingerprint density at radius 1 is 1.38 bits per heavy atom. The molecule has 1 saturated carbocycles. The first-order valence-electron chi connectivity index (χ1n) is 6.15. The third kappa shape index (κ3) is 2.69. The summed E-state index contributed by atoms with van der Waals surface area (Å²) in [5.74, 6) is 0.837. The first-order valence-corrected chi connectivity index (χ1v) is 7.76. The summed E-state index contributed by atoms with van der Waals surface area (Å²) >= 11 is 5.52. The molecule has 16 heavy (non-hydrogen) atoms. The van der Waals surface area contributed by atoms with Crippen LogP contribution in [0.2, 0.25) is 0 Å². The van der Waals surface area contributed by atoms with Crippen LogP contribution in [0.1, 0.15) is 48.6 Å². The summed E-state index contributed by atoms with van der Waals surface area (Å²) in [5.41, 5.74) is 1.37. The molecule has 1 N–H and O–H groups in total. The molecule has 1 aromatic rings. The molecule has 0 saturated heterocycles. The SMILES string of the molecule is CNC(c1cc(C)c(Br)s1)C1CCCCC1. The van der Waals surface area contributed by atoms with Crippen molar-refractivity contribution in [2.45, 2.75) is 45.1 Å². The minimum Gasteiger partial charge on any atom is -0.312 e. The van der Waals surface area contributed by atoms with Crippen LogP contribution in [-0.4, -0.2) is 7.05 Å². The van der Waals surface area contributed by atoms with Gasteiger partial charge in [-0.15, -0.1) is 11.3 Å². The lowest BCUT2D eigenvalue weighted by atomic mass is 9.83. The van der Waals surface area contributed by atoms with Crippen LogP contribution in [-0.2, 0) is 0 Å². The van der Waals surface area contributed by atoms with Crippen LogP contribution in [0.25, 0.3) is 0 Å². The highest BCUT2D eigenvalue weighted by molar-refractivity contribution is 9.11. The van der Waals surface area contributed by atoms with Crippen LogP contribution in [0.5, 0.6) is 0 Å². The zero-order valence-electron chi connectivity index (χ0n) is 10.1. The standard InChI is InChI=1S/C13H20BrNS/c1-9-8-11(16-13(9)14)12(15-2)10-6-4-3-5-7-10/h8,10,12,15H,3-7H2,1-2H3. The lowest BCUT2D eigenvalue weighted by molar-refractivity contribution is 0.284. The molecular weight excluding hydrogens is 282 g/mol. The molecule has 2 rings (SSSR count). The fraction of sp³-hybridized carbons (Fsp3) is 0.692. The number of halogens is 1. The van der Waals surface area contributed by atoms with Gasteiger partial charge in [0.2, 0.25) is 0 Å². The maximum atomic E-state index is 3.63. The Labute approximate surface area is 111 Å². The highest BCUT2D eigenvalue weighted by Crippen LogP contribution is 2.39. The molecule has 90 valence electrons. The van der Waals surface area contributed by atoms with Gasteiger partial charge in [-0.3, -0.25) is 0 Å². The van der Waals surface area contributed by atoms with E-state index in [4.69, 9.17) is 0 Å². The van der Waals surface area contributed by atoms with Crippen LogP contribution in [0.15, 0.2) is 9.85 Å². The number of hydrogen-bond acceptors (Lipinski definition) is 2. The van der Waals surface area contributed by atoms with Gasteiger partial charge in [0, 0.05) is 10.9 Å². The van der Waals surface area contributed by atoms with E-state index in [1.165, 1.54) is 46.3 Å². The van der Waals surface area contributed by atoms with Gasteiger partial charge in [-0.1, -0.05) is 19.3 Å². The van der Waals surface area contributed by atoms with Crippen LogP contribution in [0.4, 0.5) is 0 Å². The number of rotatable bonds is 3. The van der Waals surface area contributed by atoms with Gasteiger partial charge in [-0.25, -0.2) is 0 Å². The normalized spacial score (nSPS) is 19.9. The summed E-state index contributed by atoms with van der Waals surface area (Å²) in [7, 11) is 2.10. The van der Waals surface area contributed by atoms with Crippen molar-refractivity contribution in [2.24, 2.45) is 5.92 Å². The zero-order valence-corrected chi connectivity index (χ0v) is 12.5. The summed E-state index contributed by atoms with van der Waals surface area (Å²) in [6.45, 7) is 2.18. The molecule has 1 aliphatic rings. The molecule has 1 nitrogen and oxygen atoms in total. The Kier molecular flexibility index (Phi) is 4.45. The van der Waals surface area contributed by atoms with Crippen LogP contribution >= 0.6 is 27.3 Å². The fourth-order valence-electron chi connectivity index (χ4n) is 2.71. The predicted octanol–water partition coefficient (Wildman–Crippen LogP) is 4.66. The third-order valence-electron chi connectivity index (χ3n) is 3.62. The monoisotopic (exact) mass is 301 g/mol. The summed E-state index contributed by atoms with van der Waals surface area (Å²) in [6, 6.07) is 2.90. The molecule has 1 heterocycles. The summed E-state index contributed by atoms with van der Waals surface area (Å²) in [4.78, 5) is 1.50. The van der Waals surface area contributed by atoms with E-state index >= 15 is 0 Å². The second-order valence-corrected chi connectivity index (χ2v) is 7.17. The van der Waals surface area contributed by atoms with Crippen molar-refractivity contribution >= 4 is 27.3 Å². The Morgan fingerprint density at radius 3 is 2.56 bits per heavy atom. The van der Waals surface area contributed by atoms with Crippen molar-refractivity contribution in [3.8, 4) is 0 Å². The van der Waals surface area contributed by atoms with E-state index in [0.717, 1.165) is 5.92 Å². The number of thiophene rings is 1. The van der Waals surface area contributed by atoms with E-state index in [1.807, 2.05) is 11.3 Å². The van der Waals surface area contributed by atoms with E-state index in [1.54, 1.807) is 0 Å². The van der Waals surface area contributed by atoms with Gasteiger partial charge in [0.1, 0.15) is 0 Å². The minimum atomic E-state index is 0.565. The predicted molar refractivity (Wildman–Crippen MR) is 75.1 cm³/mol. The second kappa shape index (κ2) is 5.65. The van der Waals surface area contributed by atoms with Gasteiger partial charge in [0.25, 0.3) is 0 Å². The number of nitrogens with one attached hydrogen (secondary N) is 1. The largest absolute Gasteiger partial charge is 0.312 e. The Morgan fingerprint density at radius 2 is 2.06 bits per heavy atom. The van der Waals surface area contributed by atoms with Crippen molar-refractivity contribution in [3.05, 3.63) is 20.3 Å². The first kappa shape index (κ1) is 12.6. The maximum absolute atomic E-state index is 3.63. The molecule has 0 radical (unpaired) electrons. The average molecular weight is 302 g/mol. The van der Waals surface area contributed by atoms with Gasteiger partial charge in [-0.05, 0) is 60.3 Å². The summed E-state index contributed by atoms with van der Waals surface area (Å²) < 4.78 is 1.29. The molecule has 1 fully saturated rings. The summed E-state index contributed by atoms with van der Waals surface area (Å²) in [5, 5.41) is 3.52. The Hall–Kier alpha value is 0.140. The molecule has 0 aromatic carbocycles. The maximum Gasteiger partial charge on any atom is 0.0731 e. The molecule has 0 bridgehead atoms. The van der Waals surface area contributed by atoms with Crippen molar-refractivity contribution in [3.63, 3.8) is 0 Å². The third-order valence-corrected chi connectivity index (χ3v) is 5.83. The summed E-state index contributed by atoms with van der Waals surface area (Å²) in [6.07, 6.45) is 7.03. The molecular formula is C13H20BrNS. The molecule has 3 heteroatoms. The number of hydrogen-bond donors (Lipinski definition) is 1. The lowest BCUT2D eigenvalue weighted by Crippen LogP contribution is -2.26. The molecule has 0 spiro atoms. The van der Waals surface area contributed by atoms with E-state index in [0.29, 0.717) is 6.04 Å². The molecule has 1 atom stereocenters. The van der Waals surface area contributed by atoms with Gasteiger partial charge in [0.15, 0.2) is 0 Å². The lowest BCUT2D eigenvalue weighted by Gasteiger charge is -2.29. The molecule has 1 aromatic heterocycles. The highest BCUT2D eigenvalue weighted by Gasteiger charge is 2.25. The van der Waals surface area contributed by atoms with Crippen molar-refractivity contribution in [2.75, 3.05) is 7.05 Å². The number of aryl methyl sites for hydroxylation is 1. The fourth-order valence-corrected chi connectivity index (χ4v) is 4.49. The molecule has 1 unspecified atom stereocenters. The Bertz CT molecular complexity index is 322. The smallest absolute Gasteiger partial charge is 0.0731 e. The van der Waals surface area contributed by atoms with Gasteiger partial charge >= 0.3 is 0 Å². The van der Waals surface area contributed by atoms with E-state index in [9.17, 15) is 0 Å². The minimum absolute atomic E-state index is 0.565. The van der Waals surface area contributed by atoms with Gasteiger partial charge in [0.05, 0.1) is 3.79 Å². The van der Waals surface area contributed by atoms with Crippen molar-refractivity contribution in [1.29, 1.82) is 0 Å². The molecule has 0 aliphatic heterocycles. The van der Waals surface area contributed by atoms with E-state index in [-0.39, 0.29) is 0 Å². The quantitative estimate of drug-likeness (QED) is 0.856. The van der Waals surface area contributed by atoms with Crippen LogP contribution < -0.4 is 5.32 Å². The van der Waals surface area contributed by atoms with Crippen LogP contribution in [0, 0.1) is 12.8 Å². The highest BCUT2D eigenvalue weighted by atomic mass is 79.9. The Balaban J connectivity index is 2.14. The second-order valence-electron chi connectivity index (χ2n) is 4.77. The van der Waals surface area contributed by atoms with E-state index in [2.05, 4.69) is 41.3 Å². The van der Waals surface area contributed by atoms with Crippen molar-refractivity contribution in [1.82, 2.24) is 5.32 Å².